The lowest BCUT2D eigenvalue weighted by Crippen LogP contribution is -2.60. The number of aliphatic hydroxyl groups is 1. The molecule has 1 aliphatic rings. The summed E-state index contributed by atoms with van der Waals surface area (Å²) in [5.41, 5.74) is 21.8. The van der Waals surface area contributed by atoms with Gasteiger partial charge in [0.25, 0.3) is 0 Å². The zero-order valence-corrected chi connectivity index (χ0v) is 35.5. The minimum Gasteiger partial charge on any atom is -0.480 e. The largest absolute Gasteiger partial charge is 0.480 e. The van der Waals surface area contributed by atoms with Crippen LogP contribution in [0, 0.1) is 17.8 Å². The van der Waals surface area contributed by atoms with Gasteiger partial charge in [0, 0.05) is 13.1 Å². The number of nitrogens with one attached hydrogen (secondary N) is 6. The summed E-state index contributed by atoms with van der Waals surface area (Å²) in [5, 5.41) is 34.6. The van der Waals surface area contributed by atoms with Gasteiger partial charge in [-0.05, 0) is 50.4 Å². The molecule has 340 valence electrons. The van der Waals surface area contributed by atoms with Crippen LogP contribution in [0.25, 0.3) is 0 Å². The number of carboxylic acid groups (broad SMARTS) is 1. The number of amides is 8. The number of rotatable bonds is 25. The summed E-state index contributed by atoms with van der Waals surface area (Å²) in [6, 6.07) is -8.87. The van der Waals surface area contributed by atoms with Crippen molar-refractivity contribution < 1.29 is 53.4 Å². The number of aliphatic imine (C=N–C) groups is 1. The summed E-state index contributed by atoms with van der Waals surface area (Å²) >= 11 is 0. The van der Waals surface area contributed by atoms with Gasteiger partial charge in [0.05, 0.1) is 25.1 Å². The number of nitrogens with zero attached hydrogens (tertiary/aromatic N) is 2. The van der Waals surface area contributed by atoms with Gasteiger partial charge in [0.1, 0.15) is 36.3 Å². The van der Waals surface area contributed by atoms with Crippen LogP contribution in [0.5, 0.6) is 0 Å². The molecular formula is C37H66N12O11. The fraction of sp³-hybridized carbons (Fsp3) is 0.730. The van der Waals surface area contributed by atoms with E-state index in [2.05, 4.69) is 36.9 Å². The molecule has 0 radical (unpaired) electrons. The van der Waals surface area contributed by atoms with E-state index in [1.807, 2.05) is 0 Å². The highest BCUT2D eigenvalue weighted by atomic mass is 16.4. The zero-order chi connectivity index (χ0) is 46.0. The van der Waals surface area contributed by atoms with Gasteiger partial charge in [0.2, 0.25) is 47.3 Å². The summed E-state index contributed by atoms with van der Waals surface area (Å²) in [6.45, 7) is 10.9. The highest BCUT2D eigenvalue weighted by molar-refractivity contribution is 5.98. The molecule has 9 atom stereocenters. The first kappa shape index (κ1) is 52.4. The third kappa shape index (κ3) is 17.0. The molecule has 1 heterocycles. The predicted molar refractivity (Wildman–Crippen MR) is 218 cm³/mol. The molecule has 1 rings (SSSR count). The van der Waals surface area contributed by atoms with Gasteiger partial charge in [-0.25, -0.2) is 4.79 Å². The monoisotopic (exact) mass is 854 g/mol. The molecule has 60 heavy (non-hydrogen) atoms. The fourth-order valence-corrected chi connectivity index (χ4v) is 6.12. The average Bonchev–Trinajstić information content (AvgIpc) is 3.66. The number of hydrogen-bond donors (Lipinski definition) is 12. The van der Waals surface area contributed by atoms with Crippen LogP contribution in [0.3, 0.4) is 0 Å². The van der Waals surface area contributed by atoms with Crippen LogP contribution >= 0.6 is 0 Å². The van der Waals surface area contributed by atoms with Crippen molar-refractivity contribution in [1.82, 2.24) is 36.8 Å². The van der Waals surface area contributed by atoms with E-state index in [1.165, 1.54) is 11.8 Å². The molecule has 0 aromatic rings. The highest BCUT2D eigenvalue weighted by Crippen LogP contribution is 2.22. The lowest BCUT2D eigenvalue weighted by atomic mass is 9.97. The Morgan fingerprint density at radius 2 is 1.37 bits per heavy atom. The Morgan fingerprint density at radius 1 is 0.767 bits per heavy atom. The Morgan fingerprint density at radius 3 is 1.88 bits per heavy atom. The van der Waals surface area contributed by atoms with Crippen molar-refractivity contribution in [3.8, 4) is 0 Å². The Hall–Kier alpha value is -5.58. The van der Waals surface area contributed by atoms with Crippen molar-refractivity contribution >= 4 is 59.2 Å². The first-order valence-corrected chi connectivity index (χ1v) is 20.0. The summed E-state index contributed by atoms with van der Waals surface area (Å²) < 4.78 is 0. The summed E-state index contributed by atoms with van der Waals surface area (Å²) in [7, 11) is 0. The van der Waals surface area contributed by atoms with Gasteiger partial charge in [-0.1, -0.05) is 48.0 Å². The van der Waals surface area contributed by atoms with Gasteiger partial charge >= 0.3 is 5.97 Å². The van der Waals surface area contributed by atoms with Gasteiger partial charge < -0.3 is 69.9 Å². The molecule has 23 nitrogen and oxygen atoms in total. The number of guanidine groups is 1. The zero-order valence-electron chi connectivity index (χ0n) is 35.5. The number of nitrogens with two attached hydrogens (primary N) is 4. The average molecular weight is 855 g/mol. The van der Waals surface area contributed by atoms with Crippen molar-refractivity contribution in [2.24, 2.45) is 45.7 Å². The Kier molecular flexibility index (Phi) is 22.0. The van der Waals surface area contributed by atoms with E-state index in [1.54, 1.807) is 41.5 Å². The van der Waals surface area contributed by atoms with Gasteiger partial charge in [0.15, 0.2) is 5.96 Å². The molecule has 0 bridgehead atoms. The number of aliphatic carboxylic acids is 1. The van der Waals surface area contributed by atoms with Crippen molar-refractivity contribution in [2.75, 3.05) is 19.6 Å². The van der Waals surface area contributed by atoms with Crippen LogP contribution in [0.2, 0.25) is 0 Å². The molecule has 16 N–H and O–H groups in total. The predicted octanol–water partition coefficient (Wildman–Crippen LogP) is -4.40. The van der Waals surface area contributed by atoms with E-state index in [-0.39, 0.29) is 44.2 Å². The number of carbonyl (C=O) groups excluding carboxylic acids is 8. The van der Waals surface area contributed by atoms with Crippen LogP contribution in [0.1, 0.15) is 87.0 Å². The van der Waals surface area contributed by atoms with Crippen LogP contribution in [-0.4, -0.2) is 142 Å². The van der Waals surface area contributed by atoms with Crippen molar-refractivity contribution in [2.45, 2.75) is 135 Å². The summed E-state index contributed by atoms with van der Waals surface area (Å²) in [6.07, 6.45) is -1.03. The molecule has 23 heteroatoms. The van der Waals surface area contributed by atoms with E-state index < -0.39 is 126 Å². The maximum atomic E-state index is 14.0. The fourth-order valence-electron chi connectivity index (χ4n) is 6.12. The minimum absolute atomic E-state index is 0.0611. The maximum Gasteiger partial charge on any atom is 0.326 e. The van der Waals surface area contributed by atoms with Crippen LogP contribution in [-0.2, 0) is 43.2 Å². The van der Waals surface area contributed by atoms with Crippen molar-refractivity contribution in [3.63, 3.8) is 0 Å². The normalized spacial score (nSPS) is 17.7. The first-order chi connectivity index (χ1) is 27.9. The minimum atomic E-state index is -1.59. The maximum absolute atomic E-state index is 14.0. The Labute approximate surface area is 349 Å². The second kappa shape index (κ2) is 25.1. The first-order valence-electron chi connectivity index (χ1n) is 20.0. The summed E-state index contributed by atoms with van der Waals surface area (Å²) in [5.74, 6) is -9.25. The summed E-state index contributed by atoms with van der Waals surface area (Å²) in [4.78, 5) is 122. The van der Waals surface area contributed by atoms with Crippen molar-refractivity contribution in [3.05, 3.63) is 0 Å². The molecule has 0 unspecified atom stereocenters. The highest BCUT2D eigenvalue weighted by Gasteiger charge is 2.41. The van der Waals surface area contributed by atoms with E-state index in [0.29, 0.717) is 12.8 Å². The van der Waals surface area contributed by atoms with Crippen LogP contribution in [0.15, 0.2) is 4.99 Å². The molecule has 1 fully saturated rings. The number of primary amides is 1. The van der Waals surface area contributed by atoms with Gasteiger partial charge in [-0.2, -0.15) is 0 Å². The molecule has 1 saturated heterocycles. The molecule has 0 aromatic heterocycles. The molecule has 0 aliphatic carbocycles. The molecule has 0 spiro atoms. The molecule has 8 amide bonds. The number of aliphatic hydroxyl groups excluding tert-OH is 1. The smallest absolute Gasteiger partial charge is 0.326 e. The van der Waals surface area contributed by atoms with E-state index >= 15 is 0 Å². The third-order valence-electron chi connectivity index (χ3n) is 9.99. The van der Waals surface area contributed by atoms with E-state index in [9.17, 15) is 53.4 Å². The van der Waals surface area contributed by atoms with Crippen molar-refractivity contribution in [1.29, 1.82) is 0 Å². The van der Waals surface area contributed by atoms with Crippen LogP contribution < -0.4 is 54.8 Å². The number of hydrogen-bond acceptors (Lipinski definition) is 12. The lowest BCUT2D eigenvalue weighted by molar-refractivity contribution is -0.145. The second-order valence-corrected chi connectivity index (χ2v) is 15.6. The van der Waals surface area contributed by atoms with Gasteiger partial charge in [-0.3, -0.25) is 43.3 Å². The number of carboxylic acids is 1. The lowest BCUT2D eigenvalue weighted by Gasteiger charge is -2.32. The van der Waals surface area contributed by atoms with Gasteiger partial charge in [-0.15, -0.1) is 0 Å². The van der Waals surface area contributed by atoms with E-state index in [0.717, 1.165) is 0 Å². The van der Waals surface area contributed by atoms with Crippen LogP contribution in [0.4, 0.5) is 0 Å². The SMILES string of the molecule is CC[C@H](C)[C@H](NC(=O)CNC(=O)[C@H](CC(N)=O)NC(=O)[C@@H](NC(=O)[C@@H](N)C(C)C)C(C)C)C(=O)N1CCC[C@H]1C(=O)N[C@H](C(=O)N[C@@H](CCCN=C(N)N)C(=O)O)[C@@H](C)O. The second-order valence-electron chi connectivity index (χ2n) is 15.6. The third-order valence-corrected chi connectivity index (χ3v) is 9.99. The number of carbonyl (C=O) groups is 9. The molecule has 0 saturated carbocycles. The number of likely N-dealkylation sites (tertiary alicyclic amines) is 1. The molecule has 0 aromatic carbocycles. The topological polar surface area (TPSA) is 386 Å². The Bertz CT molecular complexity index is 1570. The van der Waals surface area contributed by atoms with E-state index in [4.69, 9.17) is 22.9 Å². The molecule has 1 aliphatic heterocycles. The quantitative estimate of drug-likeness (QED) is 0.0235. The molecular weight excluding hydrogens is 788 g/mol. The standard InChI is InChI=1S/C37H66N12O11/c1-8-19(6)28(46-25(52)16-43-30(53)22(15-24(38)51)45-33(56)27(18(4)5)47-32(55)26(39)17(2)3)35(58)49-14-10-12-23(49)31(54)48-29(20(7)50)34(57)44-21(36(59)60)11-9-13-42-37(40)41/h17-23,26-29,50H,8-16,39H2,1-7H3,(H2,38,51)(H,43,53)(H,44,57)(H,45,56)(H,46,52)(H,47,55)(H,48,54)(H,59,60)(H4,40,41,42)/t19-,20+,21-,22-,23-,26-,27-,28-,29-/m0/s1. The Balaban J connectivity index is 3.08.